The maximum Gasteiger partial charge on any atom is 0.340 e. The number of aromatic nitrogens is 1. The molecule has 1 amide bonds. The summed E-state index contributed by atoms with van der Waals surface area (Å²) in [4.78, 5) is 26.4. The quantitative estimate of drug-likeness (QED) is 0.584. The fraction of sp³-hybridized carbons (Fsp3) is 0.273. The van der Waals surface area contributed by atoms with Gasteiger partial charge in [-0.05, 0) is 50.4 Å². The number of nitrogens with zero attached hydrogens (tertiary/aromatic N) is 1. The van der Waals surface area contributed by atoms with E-state index >= 15 is 0 Å². The lowest BCUT2D eigenvalue weighted by Gasteiger charge is -2.15. The van der Waals surface area contributed by atoms with E-state index in [-0.39, 0.29) is 0 Å². The molecule has 152 valence electrons. The van der Waals surface area contributed by atoms with Gasteiger partial charge >= 0.3 is 5.97 Å². The average molecular weight is 413 g/mol. The monoisotopic (exact) mass is 412 g/mol. The van der Waals surface area contributed by atoms with Crippen LogP contribution in [-0.4, -0.2) is 29.7 Å². The molecule has 0 aliphatic rings. The lowest BCUT2D eigenvalue weighted by molar-refractivity contribution is -0.123. The third kappa shape index (κ3) is 4.68. The topological polar surface area (TPSA) is 69.6 Å². The summed E-state index contributed by atoms with van der Waals surface area (Å²) >= 11 is 1.67. The van der Waals surface area contributed by atoms with Crippen molar-refractivity contribution in [2.45, 2.75) is 33.4 Å². The van der Waals surface area contributed by atoms with E-state index in [1.54, 1.807) is 42.5 Å². The molecule has 2 heterocycles. The van der Waals surface area contributed by atoms with Crippen LogP contribution < -0.4 is 10.1 Å². The zero-order valence-electron chi connectivity index (χ0n) is 16.9. The maximum absolute atomic E-state index is 12.7. The molecule has 0 fully saturated rings. The van der Waals surface area contributed by atoms with E-state index in [0.717, 1.165) is 11.4 Å². The Morgan fingerprint density at radius 2 is 1.93 bits per heavy atom. The Hall–Kier alpha value is -3.06. The van der Waals surface area contributed by atoms with Crippen molar-refractivity contribution in [1.29, 1.82) is 0 Å². The van der Waals surface area contributed by atoms with E-state index in [9.17, 15) is 9.59 Å². The number of ether oxygens (including phenoxy) is 2. The van der Waals surface area contributed by atoms with Crippen LogP contribution in [0.25, 0.3) is 0 Å². The van der Waals surface area contributed by atoms with Crippen molar-refractivity contribution in [2.24, 2.45) is 0 Å². The molecule has 0 bridgehead atoms. The summed E-state index contributed by atoms with van der Waals surface area (Å²) in [5, 5.41) is 4.76. The van der Waals surface area contributed by atoms with Gasteiger partial charge in [0, 0.05) is 16.3 Å². The Morgan fingerprint density at radius 3 is 2.62 bits per heavy atom. The number of amides is 1. The van der Waals surface area contributed by atoms with Crippen molar-refractivity contribution in [3.63, 3.8) is 0 Å². The number of benzene rings is 1. The molecule has 0 saturated carbocycles. The van der Waals surface area contributed by atoms with E-state index in [0.29, 0.717) is 23.5 Å². The zero-order chi connectivity index (χ0) is 21.0. The molecule has 1 atom stereocenters. The Bertz CT molecular complexity index is 1010. The van der Waals surface area contributed by atoms with Crippen LogP contribution in [0.5, 0.6) is 5.75 Å². The lowest BCUT2D eigenvalue weighted by Crippen LogP contribution is -2.30. The van der Waals surface area contributed by atoms with Gasteiger partial charge in [0.05, 0.1) is 24.9 Å². The minimum Gasteiger partial charge on any atom is -0.495 e. The van der Waals surface area contributed by atoms with E-state index < -0.39 is 18.0 Å². The van der Waals surface area contributed by atoms with E-state index in [1.807, 2.05) is 31.4 Å². The first-order chi connectivity index (χ1) is 13.9. The van der Waals surface area contributed by atoms with Crippen LogP contribution in [0.15, 0.2) is 47.8 Å². The number of carbonyl (C=O) groups is 2. The minimum atomic E-state index is -0.951. The van der Waals surface area contributed by atoms with Crippen LogP contribution in [0.1, 0.15) is 33.5 Å². The third-order valence-corrected chi connectivity index (χ3v) is 5.57. The van der Waals surface area contributed by atoms with Gasteiger partial charge in [-0.25, -0.2) is 4.79 Å². The summed E-state index contributed by atoms with van der Waals surface area (Å²) in [5.74, 6) is -0.398. The maximum atomic E-state index is 12.7. The van der Waals surface area contributed by atoms with Gasteiger partial charge in [-0.15, -0.1) is 11.3 Å². The van der Waals surface area contributed by atoms with Crippen molar-refractivity contribution in [2.75, 3.05) is 12.4 Å². The molecule has 29 heavy (non-hydrogen) atoms. The number of rotatable bonds is 7. The van der Waals surface area contributed by atoms with Crippen LogP contribution in [0, 0.1) is 13.8 Å². The van der Waals surface area contributed by atoms with Gasteiger partial charge < -0.3 is 19.4 Å². The molecule has 0 aliphatic heterocycles. The molecule has 0 aliphatic carbocycles. The number of para-hydroxylation sites is 2. The van der Waals surface area contributed by atoms with Gasteiger partial charge in [0.2, 0.25) is 0 Å². The highest BCUT2D eigenvalue weighted by atomic mass is 32.1. The first-order valence-electron chi connectivity index (χ1n) is 9.24. The summed E-state index contributed by atoms with van der Waals surface area (Å²) in [5.41, 5.74) is 2.78. The molecule has 7 heteroatoms. The highest BCUT2D eigenvalue weighted by molar-refractivity contribution is 7.09. The first kappa shape index (κ1) is 20.7. The van der Waals surface area contributed by atoms with Gasteiger partial charge in [-0.2, -0.15) is 0 Å². The molecular weight excluding hydrogens is 388 g/mol. The van der Waals surface area contributed by atoms with Crippen LogP contribution in [0.2, 0.25) is 0 Å². The molecule has 6 nitrogen and oxygen atoms in total. The highest BCUT2D eigenvalue weighted by Gasteiger charge is 2.23. The van der Waals surface area contributed by atoms with Crippen molar-refractivity contribution in [3.05, 3.63) is 69.7 Å². The third-order valence-electron chi connectivity index (χ3n) is 4.71. The second-order valence-electron chi connectivity index (χ2n) is 6.69. The molecular formula is C22H24N2O4S. The molecule has 3 aromatic rings. The van der Waals surface area contributed by atoms with Gasteiger partial charge in [0.25, 0.3) is 5.91 Å². The Balaban J connectivity index is 1.68. The molecule has 2 aromatic heterocycles. The minimum absolute atomic E-state index is 0.421. The van der Waals surface area contributed by atoms with Crippen molar-refractivity contribution >= 4 is 28.9 Å². The summed E-state index contributed by atoms with van der Waals surface area (Å²) in [6.07, 6.45) is -0.951. The molecule has 1 aromatic carbocycles. The number of carbonyl (C=O) groups excluding carboxylic acids is 2. The number of methoxy groups -OCH3 is 1. The van der Waals surface area contributed by atoms with Crippen LogP contribution in [-0.2, 0) is 16.1 Å². The van der Waals surface area contributed by atoms with Gasteiger partial charge in [-0.1, -0.05) is 18.2 Å². The van der Waals surface area contributed by atoms with Gasteiger partial charge in [0.15, 0.2) is 6.10 Å². The molecule has 0 saturated heterocycles. The highest BCUT2D eigenvalue weighted by Crippen LogP contribution is 2.24. The molecule has 0 unspecified atom stereocenters. The van der Waals surface area contributed by atoms with Crippen molar-refractivity contribution < 1.29 is 19.1 Å². The standard InChI is InChI=1S/C22H24N2O4S/c1-14-12-18(15(2)24(14)13-17-8-7-11-29-17)22(26)28-16(3)21(25)23-19-9-5-6-10-20(19)27-4/h5-12,16H,13H2,1-4H3,(H,23,25)/t16-/m0/s1. The number of hydrogen-bond acceptors (Lipinski definition) is 5. The zero-order valence-corrected chi connectivity index (χ0v) is 17.7. The van der Waals surface area contributed by atoms with Crippen molar-refractivity contribution in [1.82, 2.24) is 4.57 Å². The van der Waals surface area contributed by atoms with Crippen LogP contribution >= 0.6 is 11.3 Å². The van der Waals surface area contributed by atoms with E-state index in [4.69, 9.17) is 9.47 Å². The number of anilines is 1. The Morgan fingerprint density at radius 1 is 1.17 bits per heavy atom. The Kier molecular flexibility index (Phi) is 6.39. The predicted molar refractivity (Wildman–Crippen MR) is 114 cm³/mol. The lowest BCUT2D eigenvalue weighted by atomic mass is 10.2. The van der Waals surface area contributed by atoms with Gasteiger partial charge in [0.1, 0.15) is 5.75 Å². The fourth-order valence-electron chi connectivity index (χ4n) is 3.07. The fourth-order valence-corrected chi connectivity index (χ4v) is 3.76. The normalized spacial score (nSPS) is 11.7. The van der Waals surface area contributed by atoms with E-state index in [2.05, 4.69) is 16.0 Å². The molecule has 0 radical (unpaired) electrons. The number of esters is 1. The summed E-state index contributed by atoms with van der Waals surface area (Å²) < 4.78 is 12.7. The number of thiophene rings is 1. The van der Waals surface area contributed by atoms with E-state index in [1.165, 1.54) is 12.0 Å². The molecule has 0 spiro atoms. The predicted octanol–water partition coefficient (Wildman–Crippen LogP) is 4.41. The Labute approximate surface area is 174 Å². The SMILES string of the molecule is COc1ccccc1NC(=O)[C@H](C)OC(=O)c1cc(C)n(Cc2cccs2)c1C. The van der Waals surface area contributed by atoms with Crippen LogP contribution in [0.3, 0.4) is 0 Å². The smallest absolute Gasteiger partial charge is 0.340 e. The number of aryl methyl sites for hydroxylation is 1. The summed E-state index contributed by atoms with van der Waals surface area (Å²) in [7, 11) is 1.53. The number of nitrogens with one attached hydrogen (secondary N) is 1. The molecule has 1 N–H and O–H groups in total. The summed E-state index contributed by atoms with van der Waals surface area (Å²) in [6.45, 7) is 6.09. The molecule has 3 rings (SSSR count). The largest absolute Gasteiger partial charge is 0.495 e. The number of hydrogen-bond donors (Lipinski definition) is 1. The average Bonchev–Trinajstić information content (AvgIpc) is 3.32. The second kappa shape index (κ2) is 8.96. The van der Waals surface area contributed by atoms with Gasteiger partial charge in [-0.3, -0.25) is 4.79 Å². The second-order valence-corrected chi connectivity index (χ2v) is 7.72. The van der Waals surface area contributed by atoms with Crippen LogP contribution in [0.4, 0.5) is 5.69 Å². The van der Waals surface area contributed by atoms with Crippen molar-refractivity contribution in [3.8, 4) is 5.75 Å². The first-order valence-corrected chi connectivity index (χ1v) is 10.1. The summed E-state index contributed by atoms with van der Waals surface area (Å²) in [6, 6.07) is 12.9.